The van der Waals surface area contributed by atoms with Gasteiger partial charge in [0.25, 0.3) is 0 Å². The van der Waals surface area contributed by atoms with Crippen LogP contribution in [0.1, 0.15) is 32.9 Å². The minimum absolute atomic E-state index is 0. The molecule has 7 heteroatoms. The van der Waals surface area contributed by atoms with Crippen LogP contribution in [0.15, 0.2) is 33.2 Å². The van der Waals surface area contributed by atoms with Crippen LogP contribution in [0.25, 0.3) is 10.8 Å². The Balaban J connectivity index is 0.00000242. The van der Waals surface area contributed by atoms with Crippen LogP contribution in [0, 0.1) is 0 Å². The van der Waals surface area contributed by atoms with Crippen LogP contribution in [-0.4, -0.2) is 23.5 Å². The van der Waals surface area contributed by atoms with Gasteiger partial charge in [-0.25, -0.2) is 9.98 Å². The Morgan fingerprint density at radius 3 is 2.91 bits per heavy atom. The van der Waals surface area contributed by atoms with Crippen molar-refractivity contribution in [3.8, 4) is 10.8 Å². The maximum atomic E-state index is 5.49. The maximum absolute atomic E-state index is 5.49. The smallest absolute Gasteiger partial charge is 0.236 e. The lowest BCUT2D eigenvalue weighted by Crippen LogP contribution is -2.41. The Labute approximate surface area is 152 Å². The standard InChI is InChI=1S/C15H22N4OS.HI/c1-4-11(3)18-15(16-5-2)17-9-12-10-20-14(19-12)13-7-6-8-21-13;/h6-8,10-11H,4-5,9H2,1-3H3,(H2,16,17,18);1H. The van der Waals surface area contributed by atoms with Crippen LogP contribution in [-0.2, 0) is 6.54 Å². The van der Waals surface area contributed by atoms with E-state index in [1.54, 1.807) is 17.6 Å². The summed E-state index contributed by atoms with van der Waals surface area (Å²) >= 11 is 1.62. The number of nitrogens with one attached hydrogen (secondary N) is 2. The molecule has 0 saturated carbocycles. The summed E-state index contributed by atoms with van der Waals surface area (Å²) < 4.78 is 5.49. The monoisotopic (exact) mass is 434 g/mol. The van der Waals surface area contributed by atoms with Crippen LogP contribution in [0.4, 0.5) is 0 Å². The highest BCUT2D eigenvalue weighted by atomic mass is 127. The number of rotatable bonds is 6. The molecule has 5 nitrogen and oxygen atoms in total. The maximum Gasteiger partial charge on any atom is 0.236 e. The van der Waals surface area contributed by atoms with Crippen molar-refractivity contribution >= 4 is 41.3 Å². The first-order valence-electron chi connectivity index (χ1n) is 7.26. The van der Waals surface area contributed by atoms with E-state index >= 15 is 0 Å². The van der Waals surface area contributed by atoms with Gasteiger partial charge >= 0.3 is 0 Å². The minimum atomic E-state index is 0. The highest BCUT2D eigenvalue weighted by molar-refractivity contribution is 14.0. The van der Waals surface area contributed by atoms with Crippen molar-refractivity contribution in [3.63, 3.8) is 0 Å². The van der Waals surface area contributed by atoms with Gasteiger partial charge < -0.3 is 15.1 Å². The third-order valence-corrected chi connectivity index (χ3v) is 3.88. The van der Waals surface area contributed by atoms with Gasteiger partial charge in [-0.15, -0.1) is 35.3 Å². The number of hydrogen-bond acceptors (Lipinski definition) is 4. The summed E-state index contributed by atoms with van der Waals surface area (Å²) in [6.45, 7) is 7.67. The number of aliphatic imine (C=N–C) groups is 1. The van der Waals surface area contributed by atoms with E-state index in [1.807, 2.05) is 17.5 Å². The average Bonchev–Trinajstić information content (AvgIpc) is 3.15. The molecule has 0 aliphatic carbocycles. The predicted octanol–water partition coefficient (Wildman–Crippen LogP) is 3.87. The number of halogens is 1. The van der Waals surface area contributed by atoms with Crippen molar-refractivity contribution in [2.75, 3.05) is 6.54 Å². The van der Waals surface area contributed by atoms with Gasteiger partial charge in [-0.1, -0.05) is 13.0 Å². The molecule has 2 N–H and O–H groups in total. The summed E-state index contributed by atoms with van der Waals surface area (Å²) in [5, 5.41) is 8.60. The van der Waals surface area contributed by atoms with Crippen molar-refractivity contribution in [2.24, 2.45) is 4.99 Å². The van der Waals surface area contributed by atoms with Crippen LogP contribution in [0.3, 0.4) is 0 Å². The van der Waals surface area contributed by atoms with Gasteiger partial charge in [0.15, 0.2) is 5.96 Å². The lowest BCUT2D eigenvalue weighted by atomic mass is 10.3. The summed E-state index contributed by atoms with van der Waals surface area (Å²) in [4.78, 5) is 10.0. The second-order valence-corrected chi connectivity index (χ2v) is 5.72. The quantitative estimate of drug-likeness (QED) is 0.412. The lowest BCUT2D eigenvalue weighted by Gasteiger charge is -2.15. The normalized spacial score (nSPS) is 12.6. The molecule has 0 fully saturated rings. The number of hydrogen-bond donors (Lipinski definition) is 2. The minimum Gasteiger partial charge on any atom is -0.443 e. The van der Waals surface area contributed by atoms with Crippen molar-refractivity contribution in [3.05, 3.63) is 29.5 Å². The number of aromatic nitrogens is 1. The fraction of sp³-hybridized carbons (Fsp3) is 0.467. The van der Waals surface area contributed by atoms with Gasteiger partial charge in [0, 0.05) is 12.6 Å². The summed E-state index contributed by atoms with van der Waals surface area (Å²) in [7, 11) is 0. The Hall–Kier alpha value is -1.09. The molecule has 0 bridgehead atoms. The SMILES string of the molecule is CCNC(=NCc1coc(-c2cccs2)n1)NC(C)CC.I. The van der Waals surface area contributed by atoms with E-state index in [0.717, 1.165) is 29.5 Å². The van der Waals surface area contributed by atoms with Crippen molar-refractivity contribution in [1.82, 2.24) is 15.6 Å². The van der Waals surface area contributed by atoms with Gasteiger partial charge in [-0.05, 0) is 31.7 Å². The van der Waals surface area contributed by atoms with E-state index in [2.05, 4.69) is 41.4 Å². The van der Waals surface area contributed by atoms with Gasteiger partial charge in [0.1, 0.15) is 12.0 Å². The second-order valence-electron chi connectivity index (χ2n) is 4.77. The van der Waals surface area contributed by atoms with E-state index in [-0.39, 0.29) is 24.0 Å². The van der Waals surface area contributed by atoms with Crippen LogP contribution in [0.5, 0.6) is 0 Å². The van der Waals surface area contributed by atoms with Crippen molar-refractivity contribution in [2.45, 2.75) is 39.8 Å². The topological polar surface area (TPSA) is 62.5 Å². The Kier molecular flexibility index (Phi) is 8.47. The zero-order chi connectivity index (χ0) is 15.1. The number of oxazole rings is 1. The molecule has 0 spiro atoms. The number of thiophene rings is 1. The van der Waals surface area contributed by atoms with Crippen LogP contribution in [0.2, 0.25) is 0 Å². The average molecular weight is 434 g/mol. The van der Waals surface area contributed by atoms with Crippen molar-refractivity contribution < 1.29 is 4.42 Å². The molecule has 2 heterocycles. The van der Waals surface area contributed by atoms with Crippen LogP contribution >= 0.6 is 35.3 Å². The molecule has 2 aromatic rings. The van der Waals surface area contributed by atoms with E-state index in [1.165, 1.54) is 0 Å². The first-order chi connectivity index (χ1) is 10.2. The van der Waals surface area contributed by atoms with E-state index < -0.39 is 0 Å². The molecule has 22 heavy (non-hydrogen) atoms. The molecule has 2 rings (SSSR count). The predicted molar refractivity (Wildman–Crippen MR) is 103 cm³/mol. The van der Waals surface area contributed by atoms with Crippen molar-refractivity contribution in [1.29, 1.82) is 0 Å². The number of nitrogens with zero attached hydrogens (tertiary/aromatic N) is 2. The third kappa shape index (κ3) is 5.60. The Bertz CT molecular complexity index is 568. The molecular formula is C15H23IN4OS. The summed E-state index contributed by atoms with van der Waals surface area (Å²) in [6, 6.07) is 4.38. The molecule has 0 saturated heterocycles. The largest absolute Gasteiger partial charge is 0.443 e. The molecule has 0 amide bonds. The highest BCUT2D eigenvalue weighted by Gasteiger charge is 2.08. The summed E-state index contributed by atoms with van der Waals surface area (Å²) in [5.41, 5.74) is 0.833. The van der Waals surface area contributed by atoms with Gasteiger partial charge in [0.2, 0.25) is 5.89 Å². The molecule has 0 aromatic carbocycles. The molecule has 0 radical (unpaired) electrons. The molecule has 0 aliphatic rings. The van der Waals surface area contributed by atoms with Gasteiger partial charge in [-0.2, -0.15) is 0 Å². The molecule has 122 valence electrons. The fourth-order valence-electron chi connectivity index (χ4n) is 1.71. The molecular weight excluding hydrogens is 411 g/mol. The second kappa shape index (κ2) is 9.83. The van der Waals surface area contributed by atoms with E-state index in [4.69, 9.17) is 4.42 Å². The summed E-state index contributed by atoms with van der Waals surface area (Å²) in [5.74, 6) is 1.47. The highest BCUT2D eigenvalue weighted by Crippen LogP contribution is 2.23. The van der Waals surface area contributed by atoms with Crippen LogP contribution < -0.4 is 10.6 Å². The lowest BCUT2D eigenvalue weighted by molar-refractivity contribution is 0.574. The van der Waals surface area contributed by atoms with E-state index in [9.17, 15) is 0 Å². The number of guanidine groups is 1. The molecule has 1 atom stereocenters. The van der Waals surface area contributed by atoms with E-state index in [0.29, 0.717) is 18.5 Å². The fourth-order valence-corrected chi connectivity index (χ4v) is 2.36. The Morgan fingerprint density at radius 1 is 1.45 bits per heavy atom. The van der Waals surface area contributed by atoms with Gasteiger partial charge in [-0.3, -0.25) is 0 Å². The summed E-state index contributed by atoms with van der Waals surface area (Å²) in [6.07, 6.45) is 2.72. The Morgan fingerprint density at radius 2 is 2.27 bits per heavy atom. The molecule has 1 unspecified atom stereocenters. The van der Waals surface area contributed by atoms with Gasteiger partial charge in [0.05, 0.1) is 11.4 Å². The molecule has 0 aliphatic heterocycles. The zero-order valence-corrected chi connectivity index (χ0v) is 16.3. The first kappa shape index (κ1) is 19.0. The molecule has 2 aromatic heterocycles. The first-order valence-corrected chi connectivity index (χ1v) is 8.14. The zero-order valence-electron chi connectivity index (χ0n) is 13.1. The third-order valence-electron chi connectivity index (χ3n) is 3.02.